The van der Waals surface area contributed by atoms with Gasteiger partial charge in [0.15, 0.2) is 6.10 Å². The highest BCUT2D eigenvalue weighted by molar-refractivity contribution is 5.98. The lowest BCUT2D eigenvalue weighted by Gasteiger charge is -2.15. The summed E-state index contributed by atoms with van der Waals surface area (Å²) in [6.07, 6.45) is -5.62. The van der Waals surface area contributed by atoms with Crippen LogP contribution in [0, 0.1) is 13.8 Å². The number of anilines is 1. The molecule has 2 rings (SSSR count). The quantitative estimate of drug-likeness (QED) is 0.678. The number of nitrogens with one attached hydrogen (secondary N) is 1. The number of halogens is 3. The number of nitrogens with zero attached hydrogens (tertiary/aromatic N) is 1. The Balaban J connectivity index is 2.11. The van der Waals surface area contributed by atoms with Crippen LogP contribution in [0.3, 0.4) is 0 Å². The van der Waals surface area contributed by atoms with Crippen LogP contribution in [0.2, 0.25) is 0 Å². The van der Waals surface area contributed by atoms with E-state index in [0.717, 1.165) is 4.57 Å². The molecule has 164 valence electrons. The number of hydrogen-bond donors (Lipinski definition) is 1. The molecule has 1 heterocycles. The van der Waals surface area contributed by atoms with E-state index in [1.165, 1.54) is 41.1 Å². The number of benzene rings is 1. The van der Waals surface area contributed by atoms with Gasteiger partial charge >= 0.3 is 12.1 Å². The Hall–Kier alpha value is -3.17. The van der Waals surface area contributed by atoms with E-state index in [4.69, 9.17) is 14.2 Å². The van der Waals surface area contributed by atoms with Crippen molar-refractivity contribution in [2.24, 2.45) is 0 Å². The summed E-state index contributed by atoms with van der Waals surface area (Å²) in [5.41, 5.74) is 0.708. The number of alkyl halides is 3. The lowest BCUT2D eigenvalue weighted by molar-refractivity contribution is -0.141. The largest absolute Gasteiger partial charge is 0.497 e. The van der Waals surface area contributed by atoms with Gasteiger partial charge in [-0.3, -0.25) is 4.79 Å². The topological polar surface area (TPSA) is 78.8 Å². The molecule has 0 unspecified atom stereocenters. The Kier molecular flexibility index (Phi) is 7.01. The summed E-state index contributed by atoms with van der Waals surface area (Å²) in [7, 11) is 2.92. The molecule has 30 heavy (non-hydrogen) atoms. The first-order chi connectivity index (χ1) is 13.9. The summed E-state index contributed by atoms with van der Waals surface area (Å²) >= 11 is 0. The highest BCUT2D eigenvalue weighted by atomic mass is 19.4. The number of rotatable bonds is 7. The van der Waals surface area contributed by atoms with Gasteiger partial charge in [-0.05, 0) is 26.8 Å². The number of amides is 1. The van der Waals surface area contributed by atoms with Crippen molar-refractivity contribution in [2.75, 3.05) is 19.5 Å². The molecule has 0 aliphatic heterocycles. The van der Waals surface area contributed by atoms with Gasteiger partial charge in [0.2, 0.25) is 0 Å². The highest BCUT2D eigenvalue weighted by Crippen LogP contribution is 2.26. The third-order valence-electron chi connectivity index (χ3n) is 4.40. The van der Waals surface area contributed by atoms with Gasteiger partial charge in [0.25, 0.3) is 5.91 Å². The van der Waals surface area contributed by atoms with Crippen LogP contribution in [0.5, 0.6) is 11.5 Å². The van der Waals surface area contributed by atoms with E-state index in [9.17, 15) is 22.8 Å². The number of carbonyl (C=O) groups excluding carboxylic acids is 2. The molecule has 0 fully saturated rings. The Labute approximate surface area is 171 Å². The Bertz CT molecular complexity index is 915. The van der Waals surface area contributed by atoms with E-state index < -0.39 is 30.7 Å². The van der Waals surface area contributed by atoms with Crippen molar-refractivity contribution < 1.29 is 37.0 Å². The van der Waals surface area contributed by atoms with Gasteiger partial charge < -0.3 is 24.1 Å². The second-order valence-electron chi connectivity index (χ2n) is 6.62. The summed E-state index contributed by atoms with van der Waals surface area (Å²) in [6, 6.07) is 6.04. The Morgan fingerprint density at radius 3 is 2.13 bits per heavy atom. The van der Waals surface area contributed by atoms with Crippen molar-refractivity contribution in [1.82, 2.24) is 4.57 Å². The van der Waals surface area contributed by atoms with Crippen molar-refractivity contribution in [3.63, 3.8) is 0 Å². The molecule has 0 radical (unpaired) electrons. The molecule has 0 saturated carbocycles. The maximum atomic E-state index is 12.7. The molecular formula is C20H23F3N2O5. The first-order valence-electron chi connectivity index (χ1n) is 8.93. The third-order valence-corrected chi connectivity index (χ3v) is 4.40. The van der Waals surface area contributed by atoms with Crippen LogP contribution in [-0.2, 0) is 16.1 Å². The molecule has 1 aromatic carbocycles. The predicted octanol–water partition coefficient (Wildman–Crippen LogP) is 3.87. The number of carbonyl (C=O) groups is 2. The smallest absolute Gasteiger partial charge is 0.406 e. The summed E-state index contributed by atoms with van der Waals surface area (Å²) in [5, 5.41) is 2.58. The van der Waals surface area contributed by atoms with Crippen LogP contribution < -0.4 is 14.8 Å². The van der Waals surface area contributed by atoms with Crippen LogP contribution in [0.4, 0.5) is 18.9 Å². The van der Waals surface area contributed by atoms with Gasteiger partial charge in [-0.15, -0.1) is 0 Å². The van der Waals surface area contributed by atoms with Gasteiger partial charge in [-0.25, -0.2) is 4.79 Å². The fourth-order valence-electron chi connectivity index (χ4n) is 2.83. The second-order valence-corrected chi connectivity index (χ2v) is 6.62. The molecule has 0 spiro atoms. The molecule has 0 aliphatic carbocycles. The zero-order chi connectivity index (χ0) is 22.6. The van der Waals surface area contributed by atoms with E-state index in [0.29, 0.717) is 17.2 Å². The van der Waals surface area contributed by atoms with E-state index in [2.05, 4.69) is 5.32 Å². The van der Waals surface area contributed by atoms with E-state index in [1.54, 1.807) is 18.2 Å². The summed E-state index contributed by atoms with van der Waals surface area (Å²) < 4.78 is 54.6. The SMILES string of the molecule is COc1cc(NC(=O)[C@H](C)OC(=O)c2cc(C)n(CC(F)(F)F)c2C)cc(OC)c1. The molecule has 2 aromatic rings. The van der Waals surface area contributed by atoms with E-state index in [1.807, 2.05) is 0 Å². The molecule has 1 atom stereocenters. The van der Waals surface area contributed by atoms with E-state index in [-0.39, 0.29) is 17.0 Å². The van der Waals surface area contributed by atoms with Crippen LogP contribution in [-0.4, -0.2) is 42.9 Å². The molecule has 1 amide bonds. The first-order valence-corrected chi connectivity index (χ1v) is 8.93. The van der Waals surface area contributed by atoms with Gasteiger partial charge in [-0.2, -0.15) is 13.2 Å². The highest BCUT2D eigenvalue weighted by Gasteiger charge is 2.31. The summed E-state index contributed by atoms with van der Waals surface area (Å²) in [5.74, 6) is -0.608. The average molecular weight is 428 g/mol. The van der Waals surface area contributed by atoms with Gasteiger partial charge in [-0.1, -0.05) is 0 Å². The molecule has 7 nitrogen and oxygen atoms in total. The van der Waals surface area contributed by atoms with Crippen molar-refractivity contribution in [3.8, 4) is 11.5 Å². The number of hydrogen-bond acceptors (Lipinski definition) is 5. The monoisotopic (exact) mass is 428 g/mol. The molecule has 0 saturated heterocycles. The third kappa shape index (κ3) is 5.68. The molecule has 0 aliphatic rings. The van der Waals surface area contributed by atoms with Gasteiger partial charge in [0.1, 0.15) is 18.0 Å². The van der Waals surface area contributed by atoms with Crippen molar-refractivity contribution in [1.29, 1.82) is 0 Å². The van der Waals surface area contributed by atoms with Crippen LogP contribution >= 0.6 is 0 Å². The lowest BCUT2D eigenvalue weighted by atomic mass is 10.2. The summed E-state index contributed by atoms with van der Waals surface area (Å²) in [4.78, 5) is 24.8. The number of aromatic nitrogens is 1. The first kappa shape index (κ1) is 23.1. The standard InChI is InChI=1S/C20H23F3N2O5/c1-11-6-17(12(2)25(11)10-20(21,22)23)19(27)30-13(3)18(26)24-14-7-15(28-4)9-16(8-14)29-5/h6-9,13H,10H2,1-5H3,(H,24,26)/t13-/m0/s1. The van der Waals surface area contributed by atoms with Gasteiger partial charge in [0, 0.05) is 35.3 Å². The van der Waals surface area contributed by atoms with Crippen molar-refractivity contribution in [2.45, 2.75) is 39.6 Å². The molecule has 0 bridgehead atoms. The minimum absolute atomic E-state index is 0.0283. The van der Waals surface area contributed by atoms with Gasteiger partial charge in [0.05, 0.1) is 19.8 Å². The number of aryl methyl sites for hydroxylation is 1. The number of ether oxygens (including phenoxy) is 3. The minimum Gasteiger partial charge on any atom is -0.497 e. The number of esters is 1. The maximum absolute atomic E-state index is 12.7. The second kappa shape index (κ2) is 9.10. The fraction of sp³-hybridized carbons (Fsp3) is 0.400. The molecule has 10 heteroatoms. The van der Waals surface area contributed by atoms with E-state index >= 15 is 0 Å². The molecule has 1 aromatic heterocycles. The Morgan fingerprint density at radius 1 is 1.07 bits per heavy atom. The van der Waals surface area contributed by atoms with Crippen molar-refractivity contribution >= 4 is 17.6 Å². The zero-order valence-electron chi connectivity index (χ0n) is 17.2. The molecule has 1 N–H and O–H groups in total. The molecular weight excluding hydrogens is 405 g/mol. The fourth-order valence-corrected chi connectivity index (χ4v) is 2.83. The summed E-state index contributed by atoms with van der Waals surface area (Å²) in [6.45, 7) is 3.00. The Morgan fingerprint density at radius 2 is 1.63 bits per heavy atom. The van der Waals surface area contributed by atoms with Crippen LogP contribution in [0.25, 0.3) is 0 Å². The van der Waals surface area contributed by atoms with Crippen LogP contribution in [0.1, 0.15) is 28.7 Å². The maximum Gasteiger partial charge on any atom is 0.406 e. The minimum atomic E-state index is -4.43. The zero-order valence-corrected chi connectivity index (χ0v) is 17.2. The van der Waals surface area contributed by atoms with Crippen molar-refractivity contribution in [3.05, 3.63) is 41.2 Å². The predicted molar refractivity (Wildman–Crippen MR) is 103 cm³/mol. The number of methoxy groups -OCH3 is 2. The average Bonchev–Trinajstić information content (AvgIpc) is 2.94. The normalized spacial score (nSPS) is 12.3. The van der Waals surface area contributed by atoms with Crippen LogP contribution in [0.15, 0.2) is 24.3 Å². The lowest BCUT2D eigenvalue weighted by Crippen LogP contribution is -2.30.